The Morgan fingerprint density at radius 2 is 2.27 bits per heavy atom. The second-order valence-corrected chi connectivity index (χ2v) is 3.41. The molecule has 15 heavy (non-hydrogen) atoms. The van der Waals surface area contributed by atoms with Crippen molar-refractivity contribution in [2.45, 2.75) is 26.7 Å². The number of allylic oxidation sites excluding steroid dienone is 3. The van der Waals surface area contributed by atoms with Crippen molar-refractivity contribution in [3.05, 3.63) is 30.1 Å². The van der Waals surface area contributed by atoms with Crippen molar-refractivity contribution in [2.75, 3.05) is 0 Å². The molecular weight excluding hydrogens is 188 g/mol. The zero-order valence-corrected chi connectivity index (χ0v) is 9.36. The lowest BCUT2D eigenvalue weighted by Crippen LogP contribution is -1.96. The average molecular weight is 204 g/mol. The molecular formula is C11H16N4. The molecule has 0 radical (unpaired) electrons. The van der Waals surface area contributed by atoms with Crippen LogP contribution in [0.25, 0.3) is 0 Å². The molecule has 1 aromatic rings. The van der Waals surface area contributed by atoms with Crippen LogP contribution in [0.3, 0.4) is 0 Å². The standard InChI is InChI=1S/C11H16N4/c1-5-6-7-12-11-13-10(14-15-11)9(4)8(2)3/h5-7,9H,2H2,1,3-4H3,(H,13,14,15)/b6-5-,12-7-. The maximum absolute atomic E-state index is 4.09. The van der Waals surface area contributed by atoms with Gasteiger partial charge in [0, 0.05) is 12.1 Å². The highest BCUT2D eigenvalue weighted by molar-refractivity contribution is 5.72. The van der Waals surface area contributed by atoms with Crippen molar-refractivity contribution in [1.82, 2.24) is 15.2 Å². The van der Waals surface area contributed by atoms with Gasteiger partial charge in [0.05, 0.1) is 0 Å². The van der Waals surface area contributed by atoms with Gasteiger partial charge in [-0.25, -0.2) is 4.99 Å². The average Bonchev–Trinajstić information content (AvgIpc) is 2.65. The number of nitrogens with one attached hydrogen (secondary N) is 1. The van der Waals surface area contributed by atoms with E-state index in [-0.39, 0.29) is 5.92 Å². The fourth-order valence-electron chi connectivity index (χ4n) is 0.952. The summed E-state index contributed by atoms with van der Waals surface area (Å²) in [5, 5.41) is 7.92. The molecule has 0 amide bonds. The van der Waals surface area contributed by atoms with E-state index in [1.807, 2.05) is 32.9 Å². The Labute approximate surface area is 89.8 Å². The van der Waals surface area contributed by atoms with Crippen LogP contribution < -0.4 is 0 Å². The predicted octanol–water partition coefficient (Wildman–Crippen LogP) is 2.76. The molecule has 0 aliphatic rings. The normalized spacial score (nSPS) is 13.8. The van der Waals surface area contributed by atoms with Gasteiger partial charge in [0.15, 0.2) is 0 Å². The zero-order chi connectivity index (χ0) is 11.3. The van der Waals surface area contributed by atoms with Crippen molar-refractivity contribution in [2.24, 2.45) is 4.99 Å². The van der Waals surface area contributed by atoms with Gasteiger partial charge in [0.1, 0.15) is 5.82 Å². The number of aromatic amines is 1. The molecule has 4 heteroatoms. The first-order chi connectivity index (χ1) is 7.15. The Bertz CT molecular complexity index is 387. The highest BCUT2D eigenvalue weighted by atomic mass is 15.3. The van der Waals surface area contributed by atoms with Gasteiger partial charge in [0.2, 0.25) is 5.95 Å². The smallest absolute Gasteiger partial charge is 0.248 e. The number of aliphatic imine (C=N–C) groups is 1. The Kier molecular flexibility index (Phi) is 3.97. The van der Waals surface area contributed by atoms with Crippen LogP contribution in [0.15, 0.2) is 29.3 Å². The topological polar surface area (TPSA) is 53.9 Å². The van der Waals surface area contributed by atoms with Gasteiger partial charge in [-0.1, -0.05) is 25.2 Å². The summed E-state index contributed by atoms with van der Waals surface area (Å²) in [6.45, 7) is 9.81. The van der Waals surface area contributed by atoms with E-state index in [0.717, 1.165) is 11.4 Å². The molecule has 0 saturated carbocycles. The fourth-order valence-corrected chi connectivity index (χ4v) is 0.952. The van der Waals surface area contributed by atoms with Crippen LogP contribution in [-0.2, 0) is 0 Å². The summed E-state index contributed by atoms with van der Waals surface area (Å²) in [4.78, 5) is 7.13. The van der Waals surface area contributed by atoms with E-state index in [2.05, 4.69) is 26.8 Å². The third-order valence-corrected chi connectivity index (χ3v) is 2.12. The molecule has 0 aliphatic heterocycles. The van der Waals surface area contributed by atoms with Crippen LogP contribution in [0.4, 0.5) is 5.95 Å². The summed E-state index contributed by atoms with van der Waals surface area (Å²) in [6, 6.07) is 0. The second kappa shape index (κ2) is 5.24. The fraction of sp³-hybridized carbons (Fsp3) is 0.364. The second-order valence-electron chi connectivity index (χ2n) is 3.41. The summed E-state index contributed by atoms with van der Waals surface area (Å²) < 4.78 is 0. The van der Waals surface area contributed by atoms with Crippen molar-refractivity contribution >= 4 is 12.2 Å². The van der Waals surface area contributed by atoms with Crippen LogP contribution in [0.2, 0.25) is 0 Å². The summed E-state index contributed by atoms with van der Waals surface area (Å²) >= 11 is 0. The maximum Gasteiger partial charge on any atom is 0.248 e. The monoisotopic (exact) mass is 204 g/mol. The summed E-state index contributed by atoms with van der Waals surface area (Å²) in [5.74, 6) is 1.51. The van der Waals surface area contributed by atoms with E-state index >= 15 is 0 Å². The van der Waals surface area contributed by atoms with Gasteiger partial charge >= 0.3 is 0 Å². The molecule has 1 heterocycles. The molecule has 1 unspecified atom stereocenters. The molecule has 1 aromatic heterocycles. The van der Waals surface area contributed by atoms with Gasteiger partial charge in [0.25, 0.3) is 0 Å². The van der Waals surface area contributed by atoms with Crippen LogP contribution in [0.1, 0.15) is 32.5 Å². The Morgan fingerprint density at radius 1 is 1.53 bits per heavy atom. The first kappa shape index (κ1) is 11.4. The Balaban J connectivity index is 2.76. The minimum atomic E-state index is 0.183. The number of hydrogen-bond donors (Lipinski definition) is 1. The van der Waals surface area contributed by atoms with Crippen LogP contribution in [0, 0.1) is 0 Å². The number of nitrogens with zero attached hydrogens (tertiary/aromatic N) is 3. The molecule has 0 fully saturated rings. The van der Waals surface area contributed by atoms with E-state index < -0.39 is 0 Å². The molecule has 0 saturated heterocycles. The van der Waals surface area contributed by atoms with Gasteiger partial charge in [-0.2, -0.15) is 0 Å². The van der Waals surface area contributed by atoms with Crippen molar-refractivity contribution in [1.29, 1.82) is 0 Å². The summed E-state index contributed by atoms with van der Waals surface area (Å²) in [7, 11) is 0. The van der Waals surface area contributed by atoms with Crippen molar-refractivity contribution < 1.29 is 0 Å². The first-order valence-corrected chi connectivity index (χ1v) is 4.88. The number of rotatable bonds is 4. The Morgan fingerprint density at radius 3 is 2.87 bits per heavy atom. The number of aromatic nitrogens is 3. The van der Waals surface area contributed by atoms with Gasteiger partial charge in [-0.05, 0) is 19.9 Å². The summed E-state index contributed by atoms with van der Waals surface area (Å²) in [5.41, 5.74) is 1.05. The number of H-pyrrole nitrogens is 1. The van der Waals surface area contributed by atoms with E-state index in [1.54, 1.807) is 6.21 Å². The molecule has 1 atom stereocenters. The van der Waals surface area contributed by atoms with Crippen LogP contribution in [-0.4, -0.2) is 21.4 Å². The molecule has 1 rings (SSSR count). The van der Waals surface area contributed by atoms with Gasteiger partial charge < -0.3 is 4.98 Å². The van der Waals surface area contributed by atoms with E-state index in [4.69, 9.17) is 0 Å². The highest BCUT2D eigenvalue weighted by Crippen LogP contribution is 2.19. The largest absolute Gasteiger partial charge is 0.309 e. The SMILES string of the molecule is C=C(C)C(C)c1nnc(/N=C\C=C/C)[nH]1. The predicted molar refractivity (Wildman–Crippen MR) is 62.6 cm³/mol. The van der Waals surface area contributed by atoms with Crippen LogP contribution in [0.5, 0.6) is 0 Å². The minimum absolute atomic E-state index is 0.183. The lowest BCUT2D eigenvalue weighted by Gasteiger charge is -2.04. The number of hydrogen-bond acceptors (Lipinski definition) is 3. The molecule has 0 aliphatic carbocycles. The highest BCUT2D eigenvalue weighted by Gasteiger charge is 2.10. The first-order valence-electron chi connectivity index (χ1n) is 4.88. The van der Waals surface area contributed by atoms with E-state index in [9.17, 15) is 0 Å². The summed E-state index contributed by atoms with van der Waals surface area (Å²) in [6.07, 6.45) is 5.41. The van der Waals surface area contributed by atoms with Crippen molar-refractivity contribution in [3.8, 4) is 0 Å². The molecule has 4 nitrogen and oxygen atoms in total. The van der Waals surface area contributed by atoms with Gasteiger partial charge in [-0.3, -0.25) is 0 Å². The lowest BCUT2D eigenvalue weighted by molar-refractivity contribution is 0.808. The molecule has 0 bridgehead atoms. The van der Waals surface area contributed by atoms with Crippen molar-refractivity contribution in [3.63, 3.8) is 0 Å². The quantitative estimate of drug-likeness (QED) is 0.605. The Hall–Kier alpha value is -1.71. The van der Waals surface area contributed by atoms with Gasteiger partial charge in [-0.15, -0.1) is 10.2 Å². The zero-order valence-electron chi connectivity index (χ0n) is 9.36. The lowest BCUT2D eigenvalue weighted by atomic mass is 10.0. The van der Waals surface area contributed by atoms with E-state index in [0.29, 0.717) is 5.95 Å². The minimum Gasteiger partial charge on any atom is -0.309 e. The van der Waals surface area contributed by atoms with E-state index in [1.165, 1.54) is 0 Å². The third kappa shape index (κ3) is 3.16. The van der Waals surface area contributed by atoms with Crippen LogP contribution >= 0.6 is 0 Å². The molecule has 80 valence electrons. The molecule has 0 spiro atoms. The molecule has 0 aromatic carbocycles. The third-order valence-electron chi connectivity index (χ3n) is 2.12. The molecule has 1 N–H and O–H groups in total. The maximum atomic E-state index is 4.09.